The first kappa shape index (κ1) is 19.8. The Morgan fingerprint density at radius 1 is 1.03 bits per heavy atom. The van der Waals surface area contributed by atoms with Crippen LogP contribution >= 0.6 is 0 Å². The van der Waals surface area contributed by atoms with Gasteiger partial charge in [-0.1, -0.05) is 12.2 Å². The number of likely N-dealkylation sites (tertiary alicyclic amines) is 1. The molecule has 1 saturated heterocycles. The summed E-state index contributed by atoms with van der Waals surface area (Å²) in [5, 5.41) is 2.52. The summed E-state index contributed by atoms with van der Waals surface area (Å²) in [7, 11) is 1.27. The van der Waals surface area contributed by atoms with Crippen molar-refractivity contribution in [3.05, 3.63) is 42.0 Å². The highest BCUT2D eigenvalue weighted by molar-refractivity contribution is 6.08. The number of allylic oxidation sites excluding steroid dienone is 2. The van der Waals surface area contributed by atoms with Gasteiger partial charge in [-0.05, 0) is 42.5 Å². The molecule has 1 aromatic carbocycles. The summed E-state index contributed by atoms with van der Waals surface area (Å²) in [6.07, 6.45) is 4.76. The van der Waals surface area contributed by atoms with E-state index in [1.54, 1.807) is 0 Å². The summed E-state index contributed by atoms with van der Waals surface area (Å²) >= 11 is 0. The van der Waals surface area contributed by atoms with Gasteiger partial charge < -0.3 is 14.8 Å². The number of benzene rings is 1. The molecule has 0 spiro atoms. The first-order valence-corrected chi connectivity index (χ1v) is 9.56. The van der Waals surface area contributed by atoms with Crippen molar-refractivity contribution < 1.29 is 33.4 Å². The Hall–Kier alpha value is -3.49. The molecule has 2 bridgehead atoms. The summed E-state index contributed by atoms with van der Waals surface area (Å²) in [5.74, 6) is -3.22. The van der Waals surface area contributed by atoms with Crippen LogP contribution in [0.2, 0.25) is 0 Å². The highest BCUT2D eigenvalue weighted by Crippen LogP contribution is 2.52. The lowest BCUT2D eigenvalue weighted by Gasteiger charge is -2.16. The largest absolute Gasteiger partial charge is 0.465 e. The van der Waals surface area contributed by atoms with E-state index in [2.05, 4.69) is 10.1 Å². The van der Waals surface area contributed by atoms with Crippen molar-refractivity contribution in [2.75, 3.05) is 25.6 Å². The standard InChI is InChI=1S/C21H20N2O7/c1-29-21(28)11-4-6-14(7-5-11)22-15(24)10-30-16(25)9-23-19(26)17-12-2-3-13(8-12)18(17)20(23)27/h2-7,12-13,17-18H,8-10H2,1H3,(H,22,24)/t12-,13+,17-,18-/m0/s1. The van der Waals surface area contributed by atoms with E-state index in [4.69, 9.17) is 4.74 Å². The summed E-state index contributed by atoms with van der Waals surface area (Å²) in [5.41, 5.74) is 0.736. The number of imide groups is 1. The third-order valence-electron chi connectivity index (χ3n) is 5.80. The molecule has 156 valence electrons. The lowest BCUT2D eigenvalue weighted by atomic mass is 9.85. The fourth-order valence-corrected chi connectivity index (χ4v) is 4.45. The molecule has 4 rings (SSSR count). The molecular formula is C21H20N2O7. The third-order valence-corrected chi connectivity index (χ3v) is 5.80. The van der Waals surface area contributed by atoms with E-state index in [1.165, 1.54) is 31.4 Å². The predicted molar refractivity (Wildman–Crippen MR) is 102 cm³/mol. The number of ether oxygens (including phenoxy) is 2. The monoisotopic (exact) mass is 412 g/mol. The van der Waals surface area contributed by atoms with Gasteiger partial charge in [-0.15, -0.1) is 0 Å². The van der Waals surface area contributed by atoms with Crippen LogP contribution in [0, 0.1) is 23.7 Å². The van der Waals surface area contributed by atoms with E-state index in [0.29, 0.717) is 11.3 Å². The zero-order chi connectivity index (χ0) is 21.4. The Labute approximate surface area is 172 Å². The number of esters is 2. The molecule has 9 heteroatoms. The fourth-order valence-electron chi connectivity index (χ4n) is 4.45. The minimum atomic E-state index is -0.826. The Bertz CT molecular complexity index is 923. The lowest BCUT2D eigenvalue weighted by Crippen LogP contribution is -2.38. The minimum Gasteiger partial charge on any atom is -0.465 e. The number of anilines is 1. The van der Waals surface area contributed by atoms with Gasteiger partial charge in [0.25, 0.3) is 5.91 Å². The zero-order valence-electron chi connectivity index (χ0n) is 16.2. The van der Waals surface area contributed by atoms with Gasteiger partial charge in [0.2, 0.25) is 11.8 Å². The quantitative estimate of drug-likeness (QED) is 0.416. The molecular weight excluding hydrogens is 392 g/mol. The second-order valence-corrected chi connectivity index (χ2v) is 7.54. The van der Waals surface area contributed by atoms with Crippen molar-refractivity contribution in [2.45, 2.75) is 6.42 Å². The number of methoxy groups -OCH3 is 1. The van der Waals surface area contributed by atoms with Crippen LogP contribution in [0.1, 0.15) is 16.8 Å². The molecule has 3 amide bonds. The van der Waals surface area contributed by atoms with E-state index in [1.807, 2.05) is 12.2 Å². The van der Waals surface area contributed by atoms with Crippen LogP contribution in [-0.4, -0.2) is 54.8 Å². The van der Waals surface area contributed by atoms with Gasteiger partial charge in [0.05, 0.1) is 24.5 Å². The van der Waals surface area contributed by atoms with Gasteiger partial charge in [0, 0.05) is 5.69 Å². The number of nitrogens with one attached hydrogen (secondary N) is 1. The van der Waals surface area contributed by atoms with Crippen molar-refractivity contribution in [2.24, 2.45) is 23.7 Å². The molecule has 4 atom stereocenters. The van der Waals surface area contributed by atoms with Crippen molar-refractivity contribution in [1.29, 1.82) is 0 Å². The normalized spacial score (nSPS) is 26.0. The molecule has 0 unspecified atom stereocenters. The number of hydrogen-bond acceptors (Lipinski definition) is 7. The number of rotatable bonds is 6. The number of carbonyl (C=O) groups excluding carboxylic acids is 5. The van der Waals surface area contributed by atoms with Gasteiger partial charge in [-0.2, -0.15) is 0 Å². The maximum Gasteiger partial charge on any atom is 0.337 e. The number of hydrogen-bond donors (Lipinski definition) is 1. The zero-order valence-corrected chi connectivity index (χ0v) is 16.2. The lowest BCUT2D eigenvalue weighted by molar-refractivity contribution is -0.154. The van der Waals surface area contributed by atoms with Gasteiger partial charge in [0.15, 0.2) is 6.61 Å². The van der Waals surface area contributed by atoms with Crippen LogP contribution in [-0.2, 0) is 28.7 Å². The molecule has 9 nitrogen and oxygen atoms in total. The van der Waals surface area contributed by atoms with E-state index in [-0.39, 0.29) is 35.5 Å². The Kier molecular flexibility index (Phi) is 5.11. The molecule has 1 saturated carbocycles. The van der Waals surface area contributed by atoms with Gasteiger partial charge >= 0.3 is 11.9 Å². The van der Waals surface area contributed by atoms with Crippen LogP contribution in [0.25, 0.3) is 0 Å². The van der Waals surface area contributed by atoms with E-state index in [0.717, 1.165) is 11.3 Å². The Morgan fingerprint density at radius 3 is 2.20 bits per heavy atom. The maximum absolute atomic E-state index is 12.6. The molecule has 0 aromatic heterocycles. The Balaban J connectivity index is 1.26. The molecule has 1 N–H and O–H groups in total. The molecule has 1 aromatic rings. The second kappa shape index (κ2) is 7.74. The average molecular weight is 412 g/mol. The topological polar surface area (TPSA) is 119 Å². The molecule has 2 aliphatic carbocycles. The van der Waals surface area contributed by atoms with Crippen LogP contribution in [0.15, 0.2) is 36.4 Å². The summed E-state index contributed by atoms with van der Waals surface area (Å²) in [4.78, 5) is 61.5. The first-order valence-electron chi connectivity index (χ1n) is 9.56. The third kappa shape index (κ3) is 3.47. The average Bonchev–Trinajstić information content (AvgIpc) is 3.42. The number of nitrogens with zero attached hydrogens (tertiary/aromatic N) is 1. The van der Waals surface area contributed by atoms with Crippen molar-refractivity contribution >= 4 is 35.3 Å². The summed E-state index contributed by atoms with van der Waals surface area (Å²) < 4.78 is 9.51. The molecule has 0 radical (unpaired) electrons. The fraction of sp³-hybridized carbons (Fsp3) is 0.381. The first-order chi connectivity index (χ1) is 14.4. The maximum atomic E-state index is 12.6. The molecule has 1 heterocycles. The van der Waals surface area contributed by atoms with E-state index >= 15 is 0 Å². The van der Waals surface area contributed by atoms with Gasteiger partial charge in [0.1, 0.15) is 6.54 Å². The van der Waals surface area contributed by atoms with Crippen LogP contribution in [0.3, 0.4) is 0 Å². The molecule has 2 fully saturated rings. The molecule has 1 aliphatic heterocycles. The van der Waals surface area contributed by atoms with Crippen molar-refractivity contribution in [1.82, 2.24) is 4.90 Å². The van der Waals surface area contributed by atoms with Crippen LogP contribution in [0.5, 0.6) is 0 Å². The predicted octanol–water partition coefficient (Wildman–Crippen LogP) is 0.762. The van der Waals surface area contributed by atoms with Crippen LogP contribution < -0.4 is 5.32 Å². The molecule has 3 aliphatic rings. The van der Waals surface area contributed by atoms with E-state index < -0.39 is 31.0 Å². The van der Waals surface area contributed by atoms with Gasteiger partial charge in [-0.3, -0.25) is 24.1 Å². The van der Waals surface area contributed by atoms with Crippen LogP contribution in [0.4, 0.5) is 5.69 Å². The number of carbonyl (C=O) groups is 5. The summed E-state index contributed by atoms with van der Waals surface area (Å²) in [6, 6.07) is 5.98. The number of fused-ring (bicyclic) bond motifs is 5. The van der Waals surface area contributed by atoms with Crippen molar-refractivity contribution in [3.8, 4) is 0 Å². The Morgan fingerprint density at radius 2 is 1.63 bits per heavy atom. The number of amides is 3. The second-order valence-electron chi connectivity index (χ2n) is 7.54. The molecule has 30 heavy (non-hydrogen) atoms. The minimum absolute atomic E-state index is 0.0637. The smallest absolute Gasteiger partial charge is 0.337 e. The van der Waals surface area contributed by atoms with Gasteiger partial charge in [-0.25, -0.2) is 4.79 Å². The van der Waals surface area contributed by atoms with Crippen molar-refractivity contribution in [3.63, 3.8) is 0 Å². The van der Waals surface area contributed by atoms with E-state index in [9.17, 15) is 24.0 Å². The highest BCUT2D eigenvalue weighted by atomic mass is 16.5. The summed E-state index contributed by atoms with van der Waals surface area (Å²) in [6.45, 7) is -1.06. The highest BCUT2D eigenvalue weighted by Gasteiger charge is 2.59. The SMILES string of the molecule is COC(=O)c1ccc(NC(=O)COC(=O)CN2C(=O)[C@@H]3[C@@H](C2=O)[C@H]2C=C[C@@H]3C2)cc1.